The van der Waals surface area contributed by atoms with E-state index in [-0.39, 0.29) is 16.2 Å². The summed E-state index contributed by atoms with van der Waals surface area (Å²) in [5.41, 5.74) is 10.1. The van der Waals surface area contributed by atoms with Crippen molar-refractivity contribution >= 4 is 11.6 Å². The van der Waals surface area contributed by atoms with E-state index in [4.69, 9.17) is 11.6 Å². The summed E-state index contributed by atoms with van der Waals surface area (Å²) in [6.07, 6.45) is 0. The van der Waals surface area contributed by atoms with Crippen LogP contribution in [0.3, 0.4) is 0 Å². The molecule has 0 unspecified atom stereocenters. The smallest absolute Gasteiger partial charge is 0.0411 e. The van der Waals surface area contributed by atoms with E-state index in [0.29, 0.717) is 17.8 Å². The Morgan fingerprint density at radius 3 is 1.45 bits per heavy atom. The minimum Gasteiger partial charge on any atom is -0.0843 e. The van der Waals surface area contributed by atoms with Gasteiger partial charge in [-0.1, -0.05) is 121 Å². The molecule has 0 aliphatic carbocycles. The number of hydrogen-bond acceptors (Lipinski definition) is 0. The lowest BCUT2D eigenvalue weighted by molar-refractivity contribution is 0.535. The van der Waals surface area contributed by atoms with Crippen LogP contribution in [0.15, 0.2) is 24.3 Å². The summed E-state index contributed by atoms with van der Waals surface area (Å²) in [5, 5.41) is 0.844. The summed E-state index contributed by atoms with van der Waals surface area (Å²) in [6.45, 7) is 32.8. The minimum atomic E-state index is -0.147. The van der Waals surface area contributed by atoms with Crippen molar-refractivity contribution in [3.8, 4) is 0 Å². The predicted octanol–water partition coefficient (Wildman–Crippen LogP) is 10.6. The fourth-order valence-corrected chi connectivity index (χ4v) is 5.52. The molecule has 2 aromatic rings. The first-order valence-corrected chi connectivity index (χ1v) is 13.2. The maximum Gasteiger partial charge on any atom is 0.0411 e. The molecule has 0 atom stereocenters. The van der Waals surface area contributed by atoms with E-state index in [1.165, 1.54) is 38.9 Å². The van der Waals surface area contributed by atoms with E-state index in [9.17, 15) is 0 Å². The monoisotopic (exact) mass is 468 g/mol. The van der Waals surface area contributed by atoms with Crippen molar-refractivity contribution in [3.63, 3.8) is 0 Å². The Morgan fingerprint density at radius 2 is 1.06 bits per heavy atom. The highest BCUT2D eigenvalue weighted by Gasteiger charge is 2.35. The lowest BCUT2D eigenvalue weighted by atomic mass is 9.66. The Labute approximate surface area is 210 Å². The first-order chi connectivity index (χ1) is 14.8. The maximum atomic E-state index is 6.68. The Morgan fingerprint density at radius 1 is 0.576 bits per heavy atom. The van der Waals surface area contributed by atoms with Crippen LogP contribution in [-0.2, 0) is 16.2 Å². The van der Waals surface area contributed by atoms with Crippen molar-refractivity contribution in [1.29, 1.82) is 0 Å². The van der Waals surface area contributed by atoms with Crippen LogP contribution in [0.25, 0.3) is 0 Å². The van der Waals surface area contributed by atoms with Crippen LogP contribution in [0.1, 0.15) is 154 Å². The van der Waals surface area contributed by atoms with Gasteiger partial charge < -0.3 is 0 Å². The van der Waals surface area contributed by atoms with Crippen molar-refractivity contribution in [2.45, 2.75) is 131 Å². The van der Waals surface area contributed by atoms with Gasteiger partial charge in [-0.05, 0) is 79.7 Å². The molecule has 0 aliphatic rings. The SMILES string of the molecule is CC(C)c1cc(C(C)(C)c2c(C(C)C)cc(Cl)cc2C(C)(C)C)cc(C(C)(C)C)c1C(C)C. The molecule has 0 bridgehead atoms. The van der Waals surface area contributed by atoms with Crippen LogP contribution < -0.4 is 0 Å². The highest BCUT2D eigenvalue weighted by molar-refractivity contribution is 6.30. The third kappa shape index (κ3) is 5.70. The maximum absolute atomic E-state index is 6.68. The fraction of sp³-hybridized carbons (Fsp3) is 0.625. The normalized spacial score (nSPS) is 13.5. The lowest BCUT2D eigenvalue weighted by Gasteiger charge is -2.38. The zero-order chi connectivity index (χ0) is 25.7. The van der Waals surface area contributed by atoms with Crippen molar-refractivity contribution in [1.82, 2.24) is 0 Å². The third-order valence-electron chi connectivity index (χ3n) is 7.13. The molecule has 1 heteroatoms. The summed E-state index contributed by atoms with van der Waals surface area (Å²) in [6, 6.07) is 9.45. The number of benzene rings is 2. The van der Waals surface area contributed by atoms with Crippen LogP contribution in [-0.4, -0.2) is 0 Å². The molecule has 0 nitrogen and oxygen atoms in total. The molecule has 2 aromatic carbocycles. The Hall–Kier alpha value is -1.27. The van der Waals surface area contributed by atoms with Gasteiger partial charge in [0.15, 0.2) is 0 Å². The molecule has 0 radical (unpaired) electrons. The molecule has 0 saturated heterocycles. The largest absolute Gasteiger partial charge is 0.0843 e. The van der Waals surface area contributed by atoms with Gasteiger partial charge >= 0.3 is 0 Å². The van der Waals surface area contributed by atoms with Crippen LogP contribution in [0.2, 0.25) is 5.02 Å². The molecule has 0 saturated carbocycles. The molecule has 2 rings (SSSR count). The standard InChI is InChI=1S/C32H49Cl/c1-19(2)24-15-22(16-26(30(7,8)9)28(24)21(5)6)32(13,14)29-25(20(3)4)17-23(33)18-27(29)31(10,11)12/h15-21H,1-14H3. The first-order valence-electron chi connectivity index (χ1n) is 12.8. The summed E-state index contributed by atoms with van der Waals surface area (Å²) in [7, 11) is 0. The Bertz CT molecular complexity index is 989. The van der Waals surface area contributed by atoms with Crippen molar-refractivity contribution < 1.29 is 0 Å². The quantitative estimate of drug-likeness (QED) is 0.409. The summed E-state index contributed by atoms with van der Waals surface area (Å²) in [4.78, 5) is 0. The average Bonchev–Trinajstić information content (AvgIpc) is 2.64. The van der Waals surface area contributed by atoms with Gasteiger partial charge in [-0.2, -0.15) is 0 Å². The molecular formula is C32H49Cl. The van der Waals surface area contributed by atoms with Crippen molar-refractivity contribution in [2.75, 3.05) is 0 Å². The van der Waals surface area contributed by atoms with Gasteiger partial charge in [0.25, 0.3) is 0 Å². The second kappa shape index (κ2) is 9.41. The van der Waals surface area contributed by atoms with Gasteiger partial charge in [0.1, 0.15) is 0 Å². The van der Waals surface area contributed by atoms with E-state index in [1.807, 2.05) is 0 Å². The fourth-order valence-electron chi connectivity index (χ4n) is 5.30. The number of rotatable bonds is 5. The van der Waals surface area contributed by atoms with Crippen molar-refractivity contribution in [3.05, 3.63) is 68.2 Å². The second-order valence-corrected chi connectivity index (χ2v) is 14.0. The minimum absolute atomic E-state index is 0.00670. The zero-order valence-electron chi connectivity index (χ0n) is 23.9. The summed E-state index contributed by atoms with van der Waals surface area (Å²) in [5.74, 6) is 1.39. The summed E-state index contributed by atoms with van der Waals surface area (Å²) < 4.78 is 0. The van der Waals surface area contributed by atoms with E-state index < -0.39 is 0 Å². The van der Waals surface area contributed by atoms with E-state index >= 15 is 0 Å². The summed E-state index contributed by atoms with van der Waals surface area (Å²) >= 11 is 6.68. The highest BCUT2D eigenvalue weighted by Crippen LogP contribution is 2.46. The van der Waals surface area contributed by atoms with Gasteiger partial charge in [0, 0.05) is 10.4 Å². The highest BCUT2D eigenvalue weighted by atomic mass is 35.5. The molecule has 0 aliphatic heterocycles. The van der Waals surface area contributed by atoms with Gasteiger partial charge in [-0.25, -0.2) is 0 Å². The van der Waals surface area contributed by atoms with E-state index in [2.05, 4.69) is 121 Å². The molecule has 0 heterocycles. The number of halogens is 1. The molecule has 0 amide bonds. The first kappa shape index (κ1) is 28.0. The molecular weight excluding hydrogens is 420 g/mol. The molecule has 0 spiro atoms. The Balaban J connectivity index is 3.04. The molecule has 33 heavy (non-hydrogen) atoms. The molecule has 0 aromatic heterocycles. The van der Waals surface area contributed by atoms with Crippen LogP contribution in [0, 0.1) is 0 Å². The third-order valence-corrected chi connectivity index (χ3v) is 7.35. The zero-order valence-corrected chi connectivity index (χ0v) is 24.7. The van der Waals surface area contributed by atoms with Crippen molar-refractivity contribution in [2.24, 2.45) is 0 Å². The molecule has 184 valence electrons. The van der Waals surface area contributed by atoms with Crippen LogP contribution in [0.4, 0.5) is 0 Å². The van der Waals surface area contributed by atoms with Gasteiger partial charge in [0.2, 0.25) is 0 Å². The molecule has 0 N–H and O–H groups in total. The number of hydrogen-bond donors (Lipinski definition) is 0. The van der Waals surface area contributed by atoms with Crippen LogP contribution >= 0.6 is 11.6 Å². The molecule has 0 fully saturated rings. The topological polar surface area (TPSA) is 0 Å². The van der Waals surface area contributed by atoms with E-state index in [1.54, 1.807) is 0 Å². The van der Waals surface area contributed by atoms with Crippen LogP contribution in [0.5, 0.6) is 0 Å². The Kier molecular flexibility index (Phi) is 7.97. The van der Waals surface area contributed by atoms with Gasteiger partial charge in [-0.3, -0.25) is 0 Å². The average molecular weight is 469 g/mol. The predicted molar refractivity (Wildman–Crippen MR) is 150 cm³/mol. The van der Waals surface area contributed by atoms with Gasteiger partial charge in [-0.15, -0.1) is 0 Å². The van der Waals surface area contributed by atoms with E-state index in [0.717, 1.165) is 5.02 Å². The lowest BCUT2D eigenvalue weighted by Crippen LogP contribution is -2.29. The second-order valence-electron chi connectivity index (χ2n) is 13.5. The van der Waals surface area contributed by atoms with Gasteiger partial charge in [0.05, 0.1) is 0 Å².